The van der Waals surface area contributed by atoms with Crippen molar-refractivity contribution in [2.24, 2.45) is 0 Å². The van der Waals surface area contributed by atoms with Gasteiger partial charge in [0.15, 0.2) is 0 Å². The average molecular weight is 254 g/mol. The first-order valence-electron chi connectivity index (χ1n) is 6.35. The first-order valence-corrected chi connectivity index (χ1v) is 6.72. The van der Waals surface area contributed by atoms with Gasteiger partial charge in [0.2, 0.25) is 0 Å². The van der Waals surface area contributed by atoms with Crippen LogP contribution in [0.3, 0.4) is 0 Å². The van der Waals surface area contributed by atoms with Crippen LogP contribution in [0.15, 0.2) is 18.3 Å². The van der Waals surface area contributed by atoms with Gasteiger partial charge in [-0.25, -0.2) is 0 Å². The van der Waals surface area contributed by atoms with Crippen molar-refractivity contribution in [3.8, 4) is 0 Å². The van der Waals surface area contributed by atoms with Crippen LogP contribution in [0.1, 0.15) is 25.5 Å². The van der Waals surface area contributed by atoms with Crippen LogP contribution in [-0.2, 0) is 6.54 Å². The zero-order chi connectivity index (χ0) is 12.1. The van der Waals surface area contributed by atoms with E-state index < -0.39 is 0 Å². The lowest BCUT2D eigenvalue weighted by atomic mass is 10.0. The normalized spacial score (nSPS) is 17.6. The van der Waals surface area contributed by atoms with Crippen molar-refractivity contribution in [1.82, 2.24) is 15.2 Å². The van der Waals surface area contributed by atoms with E-state index in [2.05, 4.69) is 22.1 Å². The molecule has 17 heavy (non-hydrogen) atoms. The van der Waals surface area contributed by atoms with Crippen LogP contribution in [0, 0.1) is 0 Å². The van der Waals surface area contributed by atoms with Gasteiger partial charge in [-0.15, -0.1) is 0 Å². The van der Waals surface area contributed by atoms with E-state index in [9.17, 15) is 0 Å². The summed E-state index contributed by atoms with van der Waals surface area (Å²) < 4.78 is 0. The van der Waals surface area contributed by atoms with E-state index in [-0.39, 0.29) is 0 Å². The SMILES string of the molecule is CCN(Cc1cc(Cl)ccn1)C1CCNCC1. The molecule has 0 unspecified atom stereocenters. The molecule has 0 aliphatic carbocycles. The molecule has 0 radical (unpaired) electrons. The van der Waals surface area contributed by atoms with Crippen LogP contribution >= 0.6 is 11.6 Å². The Hall–Kier alpha value is -0.640. The standard InChI is InChI=1S/C13H20ClN3/c1-2-17(13-4-6-15-7-5-13)10-12-9-11(14)3-8-16-12/h3,8-9,13,15H,2,4-7,10H2,1H3. The van der Waals surface area contributed by atoms with Crippen molar-refractivity contribution in [2.45, 2.75) is 32.4 Å². The van der Waals surface area contributed by atoms with Gasteiger partial charge in [-0.05, 0) is 44.6 Å². The third kappa shape index (κ3) is 3.66. The second-order valence-electron chi connectivity index (χ2n) is 4.51. The van der Waals surface area contributed by atoms with Gasteiger partial charge < -0.3 is 5.32 Å². The van der Waals surface area contributed by atoms with E-state index in [1.165, 1.54) is 12.8 Å². The fourth-order valence-corrected chi connectivity index (χ4v) is 2.60. The second-order valence-corrected chi connectivity index (χ2v) is 4.95. The quantitative estimate of drug-likeness (QED) is 0.893. The van der Waals surface area contributed by atoms with Crippen LogP contribution in [0.25, 0.3) is 0 Å². The fourth-order valence-electron chi connectivity index (χ4n) is 2.41. The van der Waals surface area contributed by atoms with Gasteiger partial charge in [0, 0.05) is 23.8 Å². The van der Waals surface area contributed by atoms with Crippen LogP contribution in [0.4, 0.5) is 0 Å². The van der Waals surface area contributed by atoms with Gasteiger partial charge in [-0.3, -0.25) is 9.88 Å². The van der Waals surface area contributed by atoms with Crippen LogP contribution in [0.2, 0.25) is 5.02 Å². The van der Waals surface area contributed by atoms with Crippen LogP contribution in [-0.4, -0.2) is 35.6 Å². The van der Waals surface area contributed by atoms with Gasteiger partial charge in [0.25, 0.3) is 0 Å². The Morgan fingerprint density at radius 3 is 2.88 bits per heavy atom. The number of halogens is 1. The highest BCUT2D eigenvalue weighted by atomic mass is 35.5. The Kier molecular flexibility index (Phi) is 4.77. The van der Waals surface area contributed by atoms with Gasteiger partial charge in [-0.1, -0.05) is 18.5 Å². The molecule has 1 aromatic heterocycles. The minimum Gasteiger partial charge on any atom is -0.317 e. The first kappa shape index (κ1) is 12.8. The smallest absolute Gasteiger partial charge is 0.0558 e. The number of nitrogens with zero attached hydrogens (tertiary/aromatic N) is 2. The summed E-state index contributed by atoms with van der Waals surface area (Å²) in [6.07, 6.45) is 4.25. The van der Waals surface area contributed by atoms with E-state index in [4.69, 9.17) is 11.6 Å². The molecule has 2 heterocycles. The molecule has 1 fully saturated rings. The molecule has 1 aromatic rings. The van der Waals surface area contributed by atoms with E-state index in [0.717, 1.165) is 36.9 Å². The summed E-state index contributed by atoms with van der Waals surface area (Å²) >= 11 is 5.99. The Morgan fingerprint density at radius 1 is 1.47 bits per heavy atom. The molecule has 2 rings (SSSR count). The Morgan fingerprint density at radius 2 is 2.24 bits per heavy atom. The molecule has 1 aliphatic heterocycles. The summed E-state index contributed by atoms with van der Waals surface area (Å²) in [7, 11) is 0. The van der Waals surface area contributed by atoms with Gasteiger partial charge in [0.05, 0.1) is 5.69 Å². The molecule has 3 nitrogen and oxygen atoms in total. The Labute approximate surface area is 108 Å². The van der Waals surface area contributed by atoms with Crippen molar-refractivity contribution in [3.05, 3.63) is 29.0 Å². The number of hydrogen-bond donors (Lipinski definition) is 1. The fraction of sp³-hybridized carbons (Fsp3) is 0.615. The maximum absolute atomic E-state index is 5.99. The van der Waals surface area contributed by atoms with E-state index in [0.29, 0.717) is 6.04 Å². The molecule has 0 amide bonds. The third-order valence-corrected chi connectivity index (χ3v) is 3.61. The molecule has 0 bridgehead atoms. The monoisotopic (exact) mass is 253 g/mol. The predicted molar refractivity (Wildman–Crippen MR) is 71.2 cm³/mol. The number of pyridine rings is 1. The van der Waals surface area contributed by atoms with Crippen molar-refractivity contribution >= 4 is 11.6 Å². The molecule has 0 aromatic carbocycles. The second kappa shape index (κ2) is 6.34. The lowest BCUT2D eigenvalue weighted by Gasteiger charge is -2.33. The van der Waals surface area contributed by atoms with E-state index in [1.54, 1.807) is 6.20 Å². The maximum Gasteiger partial charge on any atom is 0.0558 e. The summed E-state index contributed by atoms with van der Waals surface area (Å²) in [5, 5.41) is 4.18. The van der Waals surface area contributed by atoms with Crippen molar-refractivity contribution in [3.63, 3.8) is 0 Å². The van der Waals surface area contributed by atoms with Crippen molar-refractivity contribution < 1.29 is 0 Å². The van der Waals surface area contributed by atoms with Gasteiger partial charge in [-0.2, -0.15) is 0 Å². The average Bonchev–Trinajstić information content (AvgIpc) is 2.37. The number of nitrogens with one attached hydrogen (secondary N) is 1. The molecule has 4 heteroatoms. The van der Waals surface area contributed by atoms with E-state index >= 15 is 0 Å². The number of aromatic nitrogens is 1. The summed E-state index contributed by atoms with van der Waals surface area (Å²) in [5.74, 6) is 0. The predicted octanol–water partition coefficient (Wildman–Crippen LogP) is 2.31. The third-order valence-electron chi connectivity index (χ3n) is 3.37. The first-order chi connectivity index (χ1) is 8.29. The maximum atomic E-state index is 5.99. The summed E-state index contributed by atoms with van der Waals surface area (Å²) in [6, 6.07) is 4.47. The van der Waals surface area contributed by atoms with Crippen molar-refractivity contribution in [1.29, 1.82) is 0 Å². The largest absolute Gasteiger partial charge is 0.317 e. The van der Waals surface area contributed by atoms with Crippen molar-refractivity contribution in [2.75, 3.05) is 19.6 Å². The summed E-state index contributed by atoms with van der Waals surface area (Å²) in [5.41, 5.74) is 1.07. The summed E-state index contributed by atoms with van der Waals surface area (Å²) in [4.78, 5) is 6.88. The lowest BCUT2D eigenvalue weighted by molar-refractivity contribution is 0.160. The van der Waals surface area contributed by atoms with Crippen LogP contribution in [0.5, 0.6) is 0 Å². The van der Waals surface area contributed by atoms with Crippen LogP contribution < -0.4 is 5.32 Å². The Bertz CT molecular complexity index is 350. The highest BCUT2D eigenvalue weighted by Gasteiger charge is 2.19. The molecule has 1 N–H and O–H groups in total. The molecule has 0 atom stereocenters. The summed E-state index contributed by atoms with van der Waals surface area (Å²) in [6.45, 7) is 6.45. The van der Waals surface area contributed by atoms with Gasteiger partial charge in [0.1, 0.15) is 0 Å². The topological polar surface area (TPSA) is 28.2 Å². The molecule has 1 aliphatic rings. The Balaban J connectivity index is 1.98. The van der Waals surface area contributed by atoms with E-state index in [1.807, 2.05) is 12.1 Å². The molecule has 94 valence electrons. The number of piperidine rings is 1. The molecule has 0 spiro atoms. The molecular formula is C13H20ClN3. The molecular weight excluding hydrogens is 234 g/mol. The highest BCUT2D eigenvalue weighted by molar-refractivity contribution is 6.30. The minimum absolute atomic E-state index is 0.682. The minimum atomic E-state index is 0.682. The highest BCUT2D eigenvalue weighted by Crippen LogP contribution is 2.16. The molecule has 0 saturated carbocycles. The number of hydrogen-bond acceptors (Lipinski definition) is 3. The van der Waals surface area contributed by atoms with Gasteiger partial charge >= 0.3 is 0 Å². The lowest BCUT2D eigenvalue weighted by Crippen LogP contribution is -2.42. The molecule has 1 saturated heterocycles. The zero-order valence-electron chi connectivity index (χ0n) is 10.3. The zero-order valence-corrected chi connectivity index (χ0v) is 11.1. The number of rotatable bonds is 4.